The summed E-state index contributed by atoms with van der Waals surface area (Å²) >= 11 is 0. The van der Waals surface area contributed by atoms with E-state index in [9.17, 15) is 4.79 Å². The van der Waals surface area contributed by atoms with Gasteiger partial charge in [0.25, 0.3) is 0 Å². The van der Waals surface area contributed by atoms with Crippen molar-refractivity contribution < 1.29 is 4.79 Å². The Balaban J connectivity index is 1.72. The number of carbonyl (C=O) groups excluding carboxylic acids is 1. The highest BCUT2D eigenvalue weighted by molar-refractivity contribution is 5.93. The second-order valence-corrected chi connectivity index (χ2v) is 7.66. The van der Waals surface area contributed by atoms with Crippen molar-refractivity contribution >= 4 is 22.5 Å². The minimum Gasteiger partial charge on any atom is -0.367 e. The number of amides is 1. The monoisotopic (exact) mass is 311 g/mol. The lowest BCUT2D eigenvalue weighted by Crippen LogP contribution is -2.60. The summed E-state index contributed by atoms with van der Waals surface area (Å²) in [6.45, 7) is 8.58. The quantitative estimate of drug-likeness (QED) is 0.922. The lowest BCUT2D eigenvalue weighted by Gasteiger charge is -2.47. The van der Waals surface area contributed by atoms with Crippen LogP contribution in [-0.2, 0) is 4.79 Å². The van der Waals surface area contributed by atoms with Gasteiger partial charge in [0.15, 0.2) is 0 Å². The normalized spacial score (nSPS) is 21.0. The fourth-order valence-corrected chi connectivity index (χ4v) is 4.03. The first kappa shape index (κ1) is 14.6. The molecule has 1 aliphatic heterocycles. The maximum absolute atomic E-state index is 11.9. The van der Waals surface area contributed by atoms with Crippen molar-refractivity contribution in [3.05, 3.63) is 30.0 Å². The lowest BCUT2D eigenvalue weighted by atomic mass is 9.97. The topological polar surface area (TPSA) is 39.3 Å². The molecule has 0 atom stereocenters. The van der Waals surface area contributed by atoms with Gasteiger partial charge in [0.1, 0.15) is 0 Å². The second kappa shape index (κ2) is 5.02. The van der Waals surface area contributed by atoms with Crippen molar-refractivity contribution in [3.63, 3.8) is 0 Å². The highest BCUT2D eigenvalue weighted by Crippen LogP contribution is 2.43. The van der Waals surface area contributed by atoms with Crippen LogP contribution in [0.2, 0.25) is 0 Å². The molecule has 4 nitrogen and oxygen atoms in total. The minimum absolute atomic E-state index is 0.137. The lowest BCUT2D eigenvalue weighted by molar-refractivity contribution is -0.134. The van der Waals surface area contributed by atoms with Crippen LogP contribution >= 0.6 is 0 Å². The molecule has 0 bridgehead atoms. The highest BCUT2D eigenvalue weighted by Gasteiger charge is 2.36. The SMILES string of the molecule is CC(=O)N1CCN(c2cc(C3CC3)cc3[nH]ccc23)CC1(C)C. The van der Waals surface area contributed by atoms with Gasteiger partial charge in [0.05, 0.1) is 5.54 Å². The highest BCUT2D eigenvalue weighted by atomic mass is 16.2. The van der Waals surface area contributed by atoms with Gasteiger partial charge < -0.3 is 14.8 Å². The number of hydrogen-bond acceptors (Lipinski definition) is 2. The Labute approximate surface area is 137 Å². The van der Waals surface area contributed by atoms with Gasteiger partial charge in [-0.05, 0) is 56.4 Å². The summed E-state index contributed by atoms with van der Waals surface area (Å²) in [5.41, 5.74) is 3.88. The van der Waals surface area contributed by atoms with Crippen LogP contribution in [0.25, 0.3) is 10.9 Å². The van der Waals surface area contributed by atoms with Gasteiger partial charge in [-0.2, -0.15) is 0 Å². The van der Waals surface area contributed by atoms with E-state index in [1.165, 1.54) is 35.0 Å². The predicted octanol–water partition coefficient (Wildman–Crippen LogP) is 3.49. The van der Waals surface area contributed by atoms with Crippen molar-refractivity contribution in [3.8, 4) is 0 Å². The van der Waals surface area contributed by atoms with E-state index in [0.29, 0.717) is 0 Å². The van der Waals surface area contributed by atoms with E-state index in [2.05, 4.69) is 41.9 Å². The summed E-state index contributed by atoms with van der Waals surface area (Å²) in [4.78, 5) is 19.7. The molecule has 4 rings (SSSR count). The number of nitrogens with zero attached hydrogens (tertiary/aromatic N) is 2. The Morgan fingerprint density at radius 1 is 1.26 bits per heavy atom. The molecule has 2 fully saturated rings. The average molecular weight is 311 g/mol. The van der Waals surface area contributed by atoms with Crippen LogP contribution in [-0.4, -0.2) is 41.0 Å². The molecule has 0 radical (unpaired) electrons. The van der Waals surface area contributed by atoms with Crippen LogP contribution in [0.15, 0.2) is 24.4 Å². The van der Waals surface area contributed by atoms with E-state index in [-0.39, 0.29) is 11.4 Å². The van der Waals surface area contributed by atoms with Crippen molar-refractivity contribution in [2.45, 2.75) is 45.1 Å². The number of aromatic amines is 1. The molecule has 4 heteroatoms. The predicted molar refractivity (Wildman–Crippen MR) is 94.0 cm³/mol. The van der Waals surface area contributed by atoms with E-state index < -0.39 is 0 Å². The zero-order chi connectivity index (χ0) is 16.2. The Morgan fingerprint density at radius 3 is 2.70 bits per heavy atom. The summed E-state index contributed by atoms with van der Waals surface area (Å²) in [6, 6.07) is 6.87. The molecule has 1 amide bonds. The molecule has 2 aromatic rings. The van der Waals surface area contributed by atoms with Gasteiger partial charge >= 0.3 is 0 Å². The van der Waals surface area contributed by atoms with Crippen LogP contribution in [0, 0.1) is 0 Å². The maximum atomic E-state index is 11.9. The van der Waals surface area contributed by atoms with Crippen molar-refractivity contribution in [1.82, 2.24) is 9.88 Å². The Kier molecular flexibility index (Phi) is 3.19. The number of carbonyl (C=O) groups is 1. The fraction of sp³-hybridized carbons (Fsp3) is 0.526. The number of hydrogen-bond donors (Lipinski definition) is 1. The zero-order valence-corrected chi connectivity index (χ0v) is 14.2. The van der Waals surface area contributed by atoms with Gasteiger partial charge in [-0.1, -0.05) is 0 Å². The third kappa shape index (κ3) is 2.50. The molecular weight excluding hydrogens is 286 g/mol. The van der Waals surface area contributed by atoms with Gasteiger partial charge in [-0.25, -0.2) is 0 Å². The second-order valence-electron chi connectivity index (χ2n) is 7.66. The smallest absolute Gasteiger partial charge is 0.220 e. The first-order valence-corrected chi connectivity index (χ1v) is 8.60. The van der Waals surface area contributed by atoms with Crippen molar-refractivity contribution in [2.75, 3.05) is 24.5 Å². The summed E-state index contributed by atoms with van der Waals surface area (Å²) in [5, 5.41) is 1.29. The zero-order valence-electron chi connectivity index (χ0n) is 14.2. The van der Waals surface area contributed by atoms with E-state index >= 15 is 0 Å². The molecule has 0 unspecified atom stereocenters. The molecule has 1 saturated heterocycles. The number of aromatic nitrogens is 1. The fourth-order valence-electron chi connectivity index (χ4n) is 4.03. The molecule has 0 spiro atoms. The number of nitrogens with one attached hydrogen (secondary N) is 1. The van der Waals surface area contributed by atoms with Crippen LogP contribution < -0.4 is 4.90 Å². The summed E-state index contributed by atoms with van der Waals surface area (Å²) in [6.07, 6.45) is 4.66. The molecule has 2 heterocycles. The minimum atomic E-state index is -0.137. The molecule has 23 heavy (non-hydrogen) atoms. The van der Waals surface area contributed by atoms with E-state index in [0.717, 1.165) is 25.6 Å². The van der Waals surface area contributed by atoms with Crippen LogP contribution in [0.3, 0.4) is 0 Å². The molecule has 1 aromatic heterocycles. The number of piperazine rings is 1. The third-order valence-electron chi connectivity index (χ3n) is 5.34. The number of fused-ring (bicyclic) bond motifs is 1. The molecule has 1 aromatic carbocycles. The molecule has 2 aliphatic rings. The number of H-pyrrole nitrogens is 1. The van der Waals surface area contributed by atoms with Gasteiger partial charge in [-0.3, -0.25) is 4.79 Å². The van der Waals surface area contributed by atoms with E-state index in [1.807, 2.05) is 11.1 Å². The summed E-state index contributed by atoms with van der Waals surface area (Å²) < 4.78 is 0. The van der Waals surface area contributed by atoms with Crippen molar-refractivity contribution in [1.29, 1.82) is 0 Å². The molecule has 1 N–H and O–H groups in total. The number of rotatable bonds is 2. The first-order valence-electron chi connectivity index (χ1n) is 8.60. The van der Waals surface area contributed by atoms with E-state index in [1.54, 1.807) is 6.92 Å². The first-order chi connectivity index (χ1) is 11.0. The Hall–Kier alpha value is -1.97. The largest absolute Gasteiger partial charge is 0.367 e. The van der Waals surface area contributed by atoms with Crippen molar-refractivity contribution in [2.24, 2.45) is 0 Å². The van der Waals surface area contributed by atoms with Gasteiger partial charge in [0, 0.05) is 49.3 Å². The maximum Gasteiger partial charge on any atom is 0.220 e. The van der Waals surface area contributed by atoms with Crippen LogP contribution in [0.5, 0.6) is 0 Å². The van der Waals surface area contributed by atoms with Gasteiger partial charge in [0.2, 0.25) is 5.91 Å². The van der Waals surface area contributed by atoms with Crippen LogP contribution in [0.4, 0.5) is 5.69 Å². The summed E-state index contributed by atoms with van der Waals surface area (Å²) in [7, 11) is 0. The molecular formula is C19H25N3O. The third-order valence-corrected chi connectivity index (χ3v) is 5.34. The number of benzene rings is 1. The molecule has 1 saturated carbocycles. The number of anilines is 1. The average Bonchev–Trinajstić information content (AvgIpc) is 3.22. The molecule has 1 aliphatic carbocycles. The van der Waals surface area contributed by atoms with E-state index in [4.69, 9.17) is 0 Å². The summed E-state index contributed by atoms with van der Waals surface area (Å²) in [5.74, 6) is 0.918. The van der Waals surface area contributed by atoms with Gasteiger partial charge in [-0.15, -0.1) is 0 Å². The Bertz CT molecular complexity index is 757. The Morgan fingerprint density at radius 2 is 2.04 bits per heavy atom. The standard InChI is InChI=1S/C19H25N3O/c1-13(23)22-9-8-21(12-19(22,2)3)18-11-15(14-4-5-14)10-17-16(18)6-7-20-17/h6-7,10-11,14,20H,4-5,8-9,12H2,1-3H3. The molecule has 122 valence electrons. The van der Waals surface area contributed by atoms with Crippen LogP contribution in [0.1, 0.15) is 45.1 Å².